The Morgan fingerprint density at radius 1 is 1.25 bits per heavy atom. The number of aliphatic hydroxyl groups excluding tert-OH is 1. The van der Waals surface area contributed by atoms with Crippen LogP contribution in [0.1, 0.15) is 67.2 Å². The summed E-state index contributed by atoms with van der Waals surface area (Å²) >= 11 is 0. The van der Waals surface area contributed by atoms with E-state index in [4.69, 9.17) is 14.2 Å². The smallest absolute Gasteiger partial charge is 0.243 e. The van der Waals surface area contributed by atoms with Crippen molar-refractivity contribution in [1.29, 1.82) is 0 Å². The van der Waals surface area contributed by atoms with E-state index in [-0.39, 0.29) is 35.9 Å². The minimum atomic E-state index is -0.638. The number of epoxide rings is 1. The second kappa shape index (κ2) is 10.2. The van der Waals surface area contributed by atoms with Crippen molar-refractivity contribution in [2.45, 2.75) is 109 Å². The third-order valence-electron chi connectivity index (χ3n) is 6.82. The van der Waals surface area contributed by atoms with Gasteiger partial charge >= 0.3 is 0 Å². The minimum absolute atomic E-state index is 0.0258. The van der Waals surface area contributed by atoms with Gasteiger partial charge in [-0.3, -0.25) is 4.79 Å². The van der Waals surface area contributed by atoms with Crippen LogP contribution in [0.2, 0.25) is 0 Å². The molecule has 0 unspecified atom stereocenters. The van der Waals surface area contributed by atoms with E-state index in [2.05, 4.69) is 25.2 Å². The molecular formula is C26H41NO5. The second-order valence-electron chi connectivity index (χ2n) is 10.4. The summed E-state index contributed by atoms with van der Waals surface area (Å²) in [5, 5.41) is 13.7. The molecule has 3 heterocycles. The van der Waals surface area contributed by atoms with E-state index in [0.29, 0.717) is 18.9 Å². The minimum Gasteiger partial charge on any atom is -0.387 e. The third kappa shape index (κ3) is 6.31. The number of carbonyl (C=O) groups is 1. The summed E-state index contributed by atoms with van der Waals surface area (Å²) < 4.78 is 17.9. The van der Waals surface area contributed by atoms with Crippen molar-refractivity contribution in [1.82, 2.24) is 5.32 Å². The maximum Gasteiger partial charge on any atom is 0.243 e. The number of allylic oxidation sites excluding steroid dienone is 3. The molecule has 0 aliphatic carbocycles. The molecule has 1 amide bonds. The van der Waals surface area contributed by atoms with Crippen molar-refractivity contribution >= 4 is 5.91 Å². The Morgan fingerprint density at radius 3 is 2.62 bits per heavy atom. The average Bonchev–Trinajstić information content (AvgIpc) is 3.48. The first kappa shape index (κ1) is 25.2. The predicted molar refractivity (Wildman–Crippen MR) is 125 cm³/mol. The lowest BCUT2D eigenvalue weighted by molar-refractivity contribution is -0.171. The molecule has 0 aromatic rings. The zero-order valence-corrected chi connectivity index (χ0v) is 20.5. The van der Waals surface area contributed by atoms with Gasteiger partial charge in [-0.25, -0.2) is 0 Å². The van der Waals surface area contributed by atoms with Crippen LogP contribution in [0.4, 0.5) is 0 Å². The molecule has 32 heavy (non-hydrogen) atoms. The average molecular weight is 448 g/mol. The quantitative estimate of drug-likeness (QED) is 0.352. The number of carbonyl (C=O) groups excluding carboxylic acids is 1. The summed E-state index contributed by atoms with van der Waals surface area (Å²) in [6, 6.07) is 0.0329. The fraction of sp³-hybridized carbons (Fsp3) is 0.731. The lowest BCUT2D eigenvalue weighted by atomic mass is 9.83. The van der Waals surface area contributed by atoms with Gasteiger partial charge < -0.3 is 24.6 Å². The maximum absolute atomic E-state index is 12.0. The Balaban J connectivity index is 1.52. The van der Waals surface area contributed by atoms with Gasteiger partial charge in [0.1, 0.15) is 17.8 Å². The van der Waals surface area contributed by atoms with Crippen LogP contribution < -0.4 is 5.32 Å². The van der Waals surface area contributed by atoms with Crippen LogP contribution >= 0.6 is 0 Å². The van der Waals surface area contributed by atoms with E-state index in [0.717, 1.165) is 24.8 Å². The van der Waals surface area contributed by atoms with E-state index in [9.17, 15) is 9.90 Å². The normalized spacial score (nSPS) is 39.7. The van der Waals surface area contributed by atoms with Gasteiger partial charge in [0.25, 0.3) is 0 Å². The summed E-state index contributed by atoms with van der Waals surface area (Å²) in [6.45, 7) is 13.0. The van der Waals surface area contributed by atoms with Crippen LogP contribution in [0.3, 0.4) is 0 Å². The molecule has 1 spiro atoms. The molecule has 3 fully saturated rings. The number of hydrogen-bond acceptors (Lipinski definition) is 5. The van der Waals surface area contributed by atoms with Gasteiger partial charge in [-0.1, -0.05) is 43.7 Å². The van der Waals surface area contributed by atoms with Crippen LogP contribution in [0, 0.1) is 5.92 Å². The van der Waals surface area contributed by atoms with Crippen molar-refractivity contribution in [2.24, 2.45) is 5.92 Å². The molecule has 3 rings (SSSR count). The molecule has 3 saturated heterocycles. The van der Waals surface area contributed by atoms with E-state index < -0.39 is 11.7 Å². The Morgan fingerprint density at radius 2 is 1.97 bits per heavy atom. The molecule has 0 aromatic carbocycles. The van der Waals surface area contributed by atoms with E-state index in [1.807, 2.05) is 45.9 Å². The van der Waals surface area contributed by atoms with Gasteiger partial charge in [0.2, 0.25) is 5.91 Å². The molecule has 0 radical (unpaired) electrons. The molecule has 0 saturated carbocycles. The number of nitrogens with one attached hydrogen (secondary N) is 1. The molecule has 0 aromatic heterocycles. The zero-order chi connectivity index (χ0) is 23.5. The molecule has 3 aliphatic rings. The predicted octanol–water partition coefficient (Wildman–Crippen LogP) is 3.84. The Labute approximate surface area is 193 Å². The number of aliphatic hydroxyl groups is 1. The SMILES string of the molecule is CC/C=C\C(=O)N[C@@H]1C[C@H](C)[C@H](C/C=C(C)/C=C/[C@H]2OC(C)(C)C[C@@]3(CO3)[C@@H]2O)O[C@@H]1C. The lowest BCUT2D eigenvalue weighted by Crippen LogP contribution is -2.53. The fourth-order valence-corrected chi connectivity index (χ4v) is 4.89. The summed E-state index contributed by atoms with van der Waals surface area (Å²) in [4.78, 5) is 12.0. The highest BCUT2D eigenvalue weighted by Crippen LogP contribution is 2.46. The summed E-state index contributed by atoms with van der Waals surface area (Å²) in [5.74, 6) is 0.295. The molecule has 2 N–H and O–H groups in total. The topological polar surface area (TPSA) is 80.3 Å². The Kier molecular flexibility index (Phi) is 8.02. The van der Waals surface area contributed by atoms with Crippen molar-refractivity contribution in [3.63, 3.8) is 0 Å². The van der Waals surface area contributed by atoms with Gasteiger partial charge in [-0.05, 0) is 59.0 Å². The third-order valence-corrected chi connectivity index (χ3v) is 6.82. The van der Waals surface area contributed by atoms with Gasteiger partial charge in [0, 0.05) is 6.42 Å². The van der Waals surface area contributed by atoms with E-state index >= 15 is 0 Å². The van der Waals surface area contributed by atoms with Crippen molar-refractivity contribution in [3.8, 4) is 0 Å². The van der Waals surface area contributed by atoms with Crippen LogP contribution in [0.25, 0.3) is 0 Å². The summed E-state index contributed by atoms with van der Waals surface area (Å²) in [7, 11) is 0. The second-order valence-corrected chi connectivity index (χ2v) is 10.4. The lowest BCUT2D eigenvalue weighted by Gasteiger charge is -2.41. The van der Waals surface area contributed by atoms with Crippen molar-refractivity contribution < 1.29 is 24.1 Å². The number of amides is 1. The largest absolute Gasteiger partial charge is 0.387 e. The molecule has 7 atom stereocenters. The molecule has 6 heteroatoms. The fourth-order valence-electron chi connectivity index (χ4n) is 4.89. The first-order valence-electron chi connectivity index (χ1n) is 12.0. The maximum atomic E-state index is 12.0. The van der Waals surface area contributed by atoms with Crippen LogP contribution in [0.5, 0.6) is 0 Å². The summed E-state index contributed by atoms with van der Waals surface area (Å²) in [6.07, 6.45) is 12.0. The first-order valence-corrected chi connectivity index (χ1v) is 12.0. The summed E-state index contributed by atoms with van der Waals surface area (Å²) in [5.41, 5.74) is 0.356. The van der Waals surface area contributed by atoms with Crippen LogP contribution in [-0.4, -0.2) is 59.3 Å². The highest BCUT2D eigenvalue weighted by molar-refractivity contribution is 5.87. The van der Waals surface area contributed by atoms with Crippen molar-refractivity contribution in [3.05, 3.63) is 36.0 Å². The van der Waals surface area contributed by atoms with Crippen LogP contribution in [0.15, 0.2) is 36.0 Å². The molecule has 0 bridgehead atoms. The van der Waals surface area contributed by atoms with Gasteiger partial charge in [-0.2, -0.15) is 0 Å². The number of ether oxygens (including phenoxy) is 3. The van der Waals surface area contributed by atoms with Gasteiger partial charge in [0.05, 0.1) is 30.5 Å². The molecule has 6 nitrogen and oxygen atoms in total. The van der Waals surface area contributed by atoms with E-state index in [1.54, 1.807) is 6.08 Å². The number of hydrogen-bond donors (Lipinski definition) is 2. The highest BCUT2D eigenvalue weighted by Gasteiger charge is 2.60. The molecule has 3 aliphatic heterocycles. The molecule has 180 valence electrons. The first-order chi connectivity index (χ1) is 15.0. The van der Waals surface area contributed by atoms with Gasteiger partial charge in [-0.15, -0.1) is 0 Å². The Bertz CT molecular complexity index is 751. The van der Waals surface area contributed by atoms with Gasteiger partial charge in [0.15, 0.2) is 0 Å². The molecular weight excluding hydrogens is 406 g/mol. The highest BCUT2D eigenvalue weighted by atomic mass is 16.6. The van der Waals surface area contributed by atoms with Crippen molar-refractivity contribution in [2.75, 3.05) is 6.61 Å². The van der Waals surface area contributed by atoms with E-state index in [1.165, 1.54) is 0 Å². The monoisotopic (exact) mass is 447 g/mol. The Hall–Kier alpha value is -1.47. The zero-order valence-electron chi connectivity index (χ0n) is 20.5. The standard InChI is InChI=1S/C26H41NO5/c1-7-8-9-23(28)27-20-14-18(3)21(31-19(20)4)12-10-17(2)11-13-22-24(29)26(16-30-26)15-25(5,6)32-22/h8-11,13,18-22,24,29H,7,12,14-16H2,1-6H3,(H,27,28)/b9-8-,13-11+,17-10+/t18-,19+,20+,21-,22+,24+,26+/m0/s1. The van der Waals surface area contributed by atoms with Crippen LogP contribution in [-0.2, 0) is 19.0 Å². The number of rotatable bonds is 7.